The van der Waals surface area contributed by atoms with E-state index in [2.05, 4.69) is 15.0 Å². The van der Waals surface area contributed by atoms with Crippen molar-refractivity contribution in [1.82, 2.24) is 15.0 Å². The molecule has 0 spiro atoms. The van der Waals surface area contributed by atoms with Gasteiger partial charge >= 0.3 is 0 Å². The van der Waals surface area contributed by atoms with Gasteiger partial charge in [0.05, 0.1) is 0 Å². The fraction of sp³-hybridized carbons (Fsp3) is 0. The Bertz CT molecular complexity index is 441. The lowest BCUT2D eigenvalue weighted by Gasteiger charge is -1.99. The van der Waals surface area contributed by atoms with Crippen LogP contribution in [0.4, 0.5) is 10.2 Å². The van der Waals surface area contributed by atoms with Gasteiger partial charge in [-0.05, 0) is 18.2 Å². The summed E-state index contributed by atoms with van der Waals surface area (Å²) in [4.78, 5) is 11.5. The van der Waals surface area contributed by atoms with E-state index in [0.717, 1.165) is 0 Å². The van der Waals surface area contributed by atoms with E-state index in [4.69, 9.17) is 5.73 Å². The summed E-state index contributed by atoms with van der Waals surface area (Å²) in [7, 11) is 0. The van der Waals surface area contributed by atoms with Gasteiger partial charge in [-0.15, -0.1) is 0 Å². The molecule has 2 aromatic rings. The molecular formula is C9H7FN4. The van der Waals surface area contributed by atoms with Gasteiger partial charge in [-0.3, -0.25) is 0 Å². The highest BCUT2D eigenvalue weighted by atomic mass is 19.1. The molecule has 4 nitrogen and oxygen atoms in total. The molecule has 0 bridgehead atoms. The highest BCUT2D eigenvalue weighted by Crippen LogP contribution is 2.13. The smallest absolute Gasteiger partial charge is 0.212 e. The van der Waals surface area contributed by atoms with Crippen LogP contribution in [0.3, 0.4) is 0 Å². The van der Waals surface area contributed by atoms with E-state index < -0.39 is 5.95 Å². The lowest BCUT2D eigenvalue weighted by Crippen LogP contribution is -1.95. The van der Waals surface area contributed by atoms with Crippen LogP contribution in [-0.4, -0.2) is 15.0 Å². The monoisotopic (exact) mass is 190 g/mol. The molecule has 5 heteroatoms. The highest BCUT2D eigenvalue weighted by Gasteiger charge is 2.01. The summed E-state index contributed by atoms with van der Waals surface area (Å²) < 4.78 is 12.5. The van der Waals surface area contributed by atoms with Crippen LogP contribution in [-0.2, 0) is 0 Å². The number of hydrogen-bond acceptors (Lipinski definition) is 4. The van der Waals surface area contributed by atoms with Crippen molar-refractivity contribution in [1.29, 1.82) is 0 Å². The lowest BCUT2D eigenvalue weighted by atomic mass is 10.2. The van der Waals surface area contributed by atoms with Gasteiger partial charge in [-0.2, -0.15) is 4.39 Å². The summed E-state index contributed by atoms with van der Waals surface area (Å²) in [6, 6.07) is 4.39. The average Bonchev–Trinajstić information content (AvgIpc) is 2.19. The number of aromatic nitrogens is 3. The van der Waals surface area contributed by atoms with Crippen LogP contribution >= 0.6 is 0 Å². The van der Waals surface area contributed by atoms with Crippen LogP contribution in [0.15, 0.2) is 30.6 Å². The minimum atomic E-state index is -0.530. The second-order valence-electron chi connectivity index (χ2n) is 2.67. The van der Waals surface area contributed by atoms with Crippen molar-refractivity contribution in [3.05, 3.63) is 36.5 Å². The van der Waals surface area contributed by atoms with Crippen LogP contribution in [0.2, 0.25) is 0 Å². The van der Waals surface area contributed by atoms with Crippen LogP contribution in [0, 0.1) is 5.95 Å². The van der Waals surface area contributed by atoms with Gasteiger partial charge in [0.15, 0.2) is 5.82 Å². The Hall–Kier alpha value is -2.04. The summed E-state index contributed by atoms with van der Waals surface area (Å²) in [5, 5.41) is 0. The SMILES string of the molecule is Nc1ccnc(-c2ccc(F)nc2)n1. The summed E-state index contributed by atoms with van der Waals surface area (Å²) in [6.45, 7) is 0. The maximum atomic E-state index is 12.5. The maximum absolute atomic E-state index is 12.5. The van der Waals surface area contributed by atoms with Gasteiger partial charge < -0.3 is 5.73 Å². The summed E-state index contributed by atoms with van der Waals surface area (Å²) in [5.74, 6) is 0.287. The van der Waals surface area contributed by atoms with Crippen molar-refractivity contribution in [2.24, 2.45) is 0 Å². The van der Waals surface area contributed by atoms with E-state index in [9.17, 15) is 4.39 Å². The normalized spacial score (nSPS) is 10.1. The second kappa shape index (κ2) is 3.37. The molecule has 0 atom stereocenters. The first-order chi connectivity index (χ1) is 6.75. The lowest BCUT2D eigenvalue weighted by molar-refractivity contribution is 0.584. The summed E-state index contributed by atoms with van der Waals surface area (Å²) in [6.07, 6.45) is 2.91. The molecule has 0 saturated carbocycles. The number of rotatable bonds is 1. The van der Waals surface area contributed by atoms with E-state index in [0.29, 0.717) is 17.2 Å². The maximum Gasteiger partial charge on any atom is 0.212 e. The standard InChI is InChI=1S/C9H7FN4/c10-7-2-1-6(5-13-7)9-12-4-3-8(11)14-9/h1-5H,(H2,11,12,14). The zero-order valence-electron chi connectivity index (χ0n) is 7.18. The zero-order chi connectivity index (χ0) is 9.97. The predicted octanol–water partition coefficient (Wildman–Crippen LogP) is 1.26. The molecule has 0 aliphatic heterocycles. The highest BCUT2D eigenvalue weighted by molar-refractivity contribution is 5.54. The number of nitrogen functional groups attached to an aromatic ring is 1. The third-order valence-electron chi connectivity index (χ3n) is 1.66. The molecule has 0 aliphatic carbocycles. The van der Waals surface area contributed by atoms with Crippen molar-refractivity contribution in [3.8, 4) is 11.4 Å². The number of nitrogens with zero attached hydrogens (tertiary/aromatic N) is 3. The third kappa shape index (κ3) is 1.66. The van der Waals surface area contributed by atoms with Crippen LogP contribution in [0.1, 0.15) is 0 Å². The molecule has 0 radical (unpaired) electrons. The Kier molecular flexibility index (Phi) is 2.06. The molecule has 2 aromatic heterocycles. The fourth-order valence-electron chi connectivity index (χ4n) is 1.02. The second-order valence-corrected chi connectivity index (χ2v) is 2.67. The number of hydrogen-bond donors (Lipinski definition) is 1. The Morgan fingerprint density at radius 1 is 1.14 bits per heavy atom. The number of halogens is 1. The molecule has 70 valence electrons. The largest absolute Gasteiger partial charge is 0.384 e. The molecule has 0 unspecified atom stereocenters. The number of anilines is 1. The number of nitrogens with two attached hydrogens (primary N) is 1. The van der Waals surface area contributed by atoms with Crippen molar-refractivity contribution < 1.29 is 4.39 Å². The predicted molar refractivity (Wildman–Crippen MR) is 49.6 cm³/mol. The van der Waals surface area contributed by atoms with Gasteiger partial charge in [0, 0.05) is 18.0 Å². The molecular weight excluding hydrogens is 183 g/mol. The van der Waals surface area contributed by atoms with E-state index in [-0.39, 0.29) is 0 Å². The Balaban J connectivity index is 2.44. The Morgan fingerprint density at radius 2 is 2.00 bits per heavy atom. The molecule has 0 fully saturated rings. The Morgan fingerprint density at radius 3 is 2.64 bits per heavy atom. The van der Waals surface area contributed by atoms with Gasteiger partial charge in [0.1, 0.15) is 5.82 Å². The van der Waals surface area contributed by atoms with Crippen LogP contribution in [0.25, 0.3) is 11.4 Å². The Labute approximate surface area is 79.7 Å². The van der Waals surface area contributed by atoms with Crippen molar-refractivity contribution in [2.45, 2.75) is 0 Å². The molecule has 2 heterocycles. The molecule has 0 saturated heterocycles. The van der Waals surface area contributed by atoms with Gasteiger partial charge in [0.2, 0.25) is 5.95 Å². The van der Waals surface area contributed by atoms with E-state index in [1.165, 1.54) is 12.3 Å². The third-order valence-corrected chi connectivity index (χ3v) is 1.66. The van der Waals surface area contributed by atoms with Gasteiger partial charge in [0.25, 0.3) is 0 Å². The molecule has 2 N–H and O–H groups in total. The number of pyridine rings is 1. The minimum Gasteiger partial charge on any atom is -0.384 e. The topological polar surface area (TPSA) is 64.7 Å². The quantitative estimate of drug-likeness (QED) is 0.687. The van der Waals surface area contributed by atoms with Crippen molar-refractivity contribution in [3.63, 3.8) is 0 Å². The molecule has 2 rings (SSSR count). The van der Waals surface area contributed by atoms with E-state index >= 15 is 0 Å². The molecule has 14 heavy (non-hydrogen) atoms. The van der Waals surface area contributed by atoms with Gasteiger partial charge in [-0.1, -0.05) is 0 Å². The average molecular weight is 190 g/mol. The van der Waals surface area contributed by atoms with Crippen LogP contribution in [0.5, 0.6) is 0 Å². The first kappa shape index (κ1) is 8.55. The van der Waals surface area contributed by atoms with E-state index in [1.807, 2.05) is 0 Å². The minimum absolute atomic E-state index is 0.374. The first-order valence-electron chi connectivity index (χ1n) is 3.96. The fourth-order valence-corrected chi connectivity index (χ4v) is 1.02. The van der Waals surface area contributed by atoms with Crippen molar-refractivity contribution in [2.75, 3.05) is 5.73 Å². The van der Waals surface area contributed by atoms with E-state index in [1.54, 1.807) is 18.3 Å². The summed E-state index contributed by atoms with van der Waals surface area (Å²) in [5.41, 5.74) is 6.12. The summed E-state index contributed by atoms with van der Waals surface area (Å²) >= 11 is 0. The molecule has 0 aliphatic rings. The van der Waals surface area contributed by atoms with Gasteiger partial charge in [-0.25, -0.2) is 15.0 Å². The molecule has 0 aromatic carbocycles. The molecule has 0 amide bonds. The zero-order valence-corrected chi connectivity index (χ0v) is 7.18. The van der Waals surface area contributed by atoms with Crippen molar-refractivity contribution >= 4 is 5.82 Å². The first-order valence-corrected chi connectivity index (χ1v) is 3.96. The van der Waals surface area contributed by atoms with Crippen LogP contribution < -0.4 is 5.73 Å².